The van der Waals surface area contributed by atoms with Crippen molar-refractivity contribution in [2.45, 2.75) is 18.9 Å². The number of carbonyl (C=O) groups is 2. The molecule has 0 spiro atoms. The minimum atomic E-state index is -0.941. The van der Waals surface area contributed by atoms with E-state index in [4.69, 9.17) is 16.7 Å². The highest BCUT2D eigenvalue weighted by molar-refractivity contribution is 7.20. The third kappa shape index (κ3) is 4.29. The molecule has 1 saturated heterocycles. The number of nitrogens with one attached hydrogen (secondary N) is 2. The number of aromatic nitrogens is 2. The third-order valence-corrected chi connectivity index (χ3v) is 6.18. The van der Waals surface area contributed by atoms with Gasteiger partial charge in [-0.15, -0.1) is 11.3 Å². The van der Waals surface area contributed by atoms with E-state index in [0.29, 0.717) is 52.5 Å². The molecule has 0 radical (unpaired) electrons. The molecule has 3 N–H and O–H groups in total. The number of piperidine rings is 1. The number of benzene rings is 1. The van der Waals surface area contributed by atoms with Gasteiger partial charge in [-0.05, 0) is 37.1 Å². The van der Waals surface area contributed by atoms with Crippen LogP contribution in [0.15, 0.2) is 30.6 Å². The lowest BCUT2D eigenvalue weighted by molar-refractivity contribution is 0.0911. The second-order valence-corrected chi connectivity index (χ2v) is 8.26. The fourth-order valence-electron chi connectivity index (χ4n) is 3.25. The van der Waals surface area contributed by atoms with Crippen LogP contribution in [0.1, 0.15) is 22.5 Å². The van der Waals surface area contributed by atoms with Crippen LogP contribution in [-0.4, -0.2) is 51.1 Å². The number of hydrogen-bond donors (Lipinski definition) is 3. The van der Waals surface area contributed by atoms with E-state index in [1.54, 1.807) is 12.1 Å². The first-order chi connectivity index (χ1) is 14.4. The smallest absolute Gasteiger partial charge is 0.407 e. The lowest BCUT2D eigenvalue weighted by Crippen LogP contribution is -2.46. The summed E-state index contributed by atoms with van der Waals surface area (Å²) in [4.78, 5) is 34.5. The van der Waals surface area contributed by atoms with Crippen molar-refractivity contribution in [1.82, 2.24) is 20.2 Å². The van der Waals surface area contributed by atoms with E-state index in [-0.39, 0.29) is 17.0 Å². The first-order valence-corrected chi connectivity index (χ1v) is 10.4. The number of likely N-dealkylation sites (tertiary alicyclic amines) is 1. The average Bonchev–Trinajstić information content (AvgIpc) is 3.17. The number of fused-ring (bicyclic) bond motifs is 1. The Morgan fingerprint density at radius 2 is 2.00 bits per heavy atom. The number of amides is 2. The molecule has 3 aromatic rings. The summed E-state index contributed by atoms with van der Waals surface area (Å²) in [6.07, 6.45) is 1.56. The van der Waals surface area contributed by atoms with E-state index >= 15 is 0 Å². The van der Waals surface area contributed by atoms with Crippen molar-refractivity contribution in [2.24, 2.45) is 0 Å². The minimum Gasteiger partial charge on any atom is -0.465 e. The van der Waals surface area contributed by atoms with Crippen molar-refractivity contribution >= 4 is 56.7 Å². The van der Waals surface area contributed by atoms with Crippen molar-refractivity contribution in [3.8, 4) is 0 Å². The van der Waals surface area contributed by atoms with E-state index < -0.39 is 11.9 Å². The summed E-state index contributed by atoms with van der Waals surface area (Å²) in [5.74, 6) is -0.339. The normalized spacial score (nSPS) is 14.7. The lowest BCUT2D eigenvalue weighted by Gasteiger charge is -2.30. The van der Waals surface area contributed by atoms with Crippen LogP contribution in [0.2, 0.25) is 5.02 Å². The van der Waals surface area contributed by atoms with Crippen LogP contribution in [0.4, 0.5) is 20.7 Å². The molecule has 0 bridgehead atoms. The van der Waals surface area contributed by atoms with Crippen LogP contribution in [0.3, 0.4) is 0 Å². The van der Waals surface area contributed by atoms with Crippen molar-refractivity contribution in [3.63, 3.8) is 0 Å². The fraction of sp³-hybridized carbons (Fsp3) is 0.263. The zero-order valence-corrected chi connectivity index (χ0v) is 17.1. The van der Waals surface area contributed by atoms with Crippen LogP contribution in [0.5, 0.6) is 0 Å². The van der Waals surface area contributed by atoms with Crippen LogP contribution >= 0.6 is 22.9 Å². The summed E-state index contributed by atoms with van der Waals surface area (Å²) in [7, 11) is 0. The number of thiophene rings is 1. The van der Waals surface area contributed by atoms with Gasteiger partial charge in [-0.3, -0.25) is 4.79 Å². The summed E-state index contributed by atoms with van der Waals surface area (Å²) in [6.45, 7) is 0.785. The molecule has 0 aliphatic carbocycles. The highest BCUT2D eigenvalue weighted by atomic mass is 35.5. The molecule has 1 aliphatic rings. The standard InChI is InChI=1S/C19H17ClFN5O3S/c20-13-2-1-11(7-14(13)21)24-16-12-8-15(30-18(12)23-9-22-16)17(27)25-10-3-5-26(6-4-10)19(28)29/h1-2,7-10H,3-6H2,(H,25,27)(H,28,29)(H,22,23,24). The van der Waals surface area contributed by atoms with Gasteiger partial charge in [0.15, 0.2) is 0 Å². The summed E-state index contributed by atoms with van der Waals surface area (Å²) < 4.78 is 13.7. The molecule has 1 fully saturated rings. The number of hydrogen-bond acceptors (Lipinski definition) is 6. The number of halogens is 2. The van der Waals surface area contributed by atoms with Gasteiger partial charge in [-0.25, -0.2) is 19.2 Å². The molecule has 2 amide bonds. The van der Waals surface area contributed by atoms with Gasteiger partial charge in [0.25, 0.3) is 5.91 Å². The summed E-state index contributed by atoms with van der Waals surface area (Å²) in [5, 5.41) is 15.7. The molecule has 1 aromatic carbocycles. The Kier molecular flexibility index (Phi) is 5.69. The van der Waals surface area contributed by atoms with E-state index in [0.717, 1.165) is 0 Å². The monoisotopic (exact) mass is 449 g/mol. The maximum atomic E-state index is 13.7. The second-order valence-electron chi connectivity index (χ2n) is 6.82. The molecule has 156 valence electrons. The van der Waals surface area contributed by atoms with Gasteiger partial charge in [-0.2, -0.15) is 0 Å². The largest absolute Gasteiger partial charge is 0.465 e. The average molecular weight is 450 g/mol. The molecule has 0 atom stereocenters. The Hall–Kier alpha value is -2.98. The van der Waals surface area contributed by atoms with Gasteiger partial charge in [0.1, 0.15) is 22.8 Å². The van der Waals surface area contributed by atoms with E-state index in [1.807, 2.05) is 0 Å². The quantitative estimate of drug-likeness (QED) is 0.553. The predicted molar refractivity (Wildman–Crippen MR) is 112 cm³/mol. The van der Waals surface area contributed by atoms with Crippen molar-refractivity contribution < 1.29 is 19.1 Å². The molecule has 30 heavy (non-hydrogen) atoms. The fourth-order valence-corrected chi connectivity index (χ4v) is 4.27. The Balaban J connectivity index is 1.49. The lowest BCUT2D eigenvalue weighted by atomic mass is 10.1. The second kappa shape index (κ2) is 8.41. The highest BCUT2D eigenvalue weighted by Gasteiger charge is 2.24. The van der Waals surface area contributed by atoms with Crippen LogP contribution < -0.4 is 10.6 Å². The Labute approximate surface area is 179 Å². The molecule has 11 heteroatoms. The maximum Gasteiger partial charge on any atom is 0.407 e. The number of carboxylic acid groups (broad SMARTS) is 1. The maximum absolute atomic E-state index is 13.7. The number of anilines is 2. The Bertz CT molecular complexity index is 1120. The Morgan fingerprint density at radius 1 is 1.23 bits per heavy atom. The highest BCUT2D eigenvalue weighted by Crippen LogP contribution is 2.31. The van der Waals surface area contributed by atoms with Crippen molar-refractivity contribution in [1.29, 1.82) is 0 Å². The predicted octanol–water partition coefficient (Wildman–Crippen LogP) is 4.10. The van der Waals surface area contributed by atoms with Crippen LogP contribution in [0.25, 0.3) is 10.2 Å². The third-order valence-electron chi connectivity index (χ3n) is 4.84. The molecule has 3 heterocycles. The van der Waals surface area contributed by atoms with Crippen LogP contribution in [0, 0.1) is 5.82 Å². The first-order valence-electron chi connectivity index (χ1n) is 9.16. The molecule has 4 rings (SSSR count). The number of rotatable bonds is 4. The molecule has 1 aliphatic heterocycles. The molecule has 8 nitrogen and oxygen atoms in total. The van der Waals surface area contributed by atoms with Crippen molar-refractivity contribution in [2.75, 3.05) is 18.4 Å². The minimum absolute atomic E-state index is 0.0251. The van der Waals surface area contributed by atoms with Gasteiger partial charge in [0.2, 0.25) is 0 Å². The van der Waals surface area contributed by atoms with Gasteiger partial charge < -0.3 is 20.6 Å². The summed E-state index contributed by atoms with van der Waals surface area (Å²) >= 11 is 6.94. The van der Waals surface area contributed by atoms with Gasteiger partial charge in [0, 0.05) is 24.8 Å². The van der Waals surface area contributed by atoms with Gasteiger partial charge >= 0.3 is 6.09 Å². The SMILES string of the molecule is O=C(NC1CCN(C(=O)O)CC1)c1cc2c(Nc3ccc(Cl)c(F)c3)ncnc2s1. The molecular weight excluding hydrogens is 433 g/mol. The van der Waals surface area contributed by atoms with E-state index in [1.165, 1.54) is 34.7 Å². The zero-order valence-electron chi connectivity index (χ0n) is 15.6. The van der Waals surface area contributed by atoms with E-state index in [9.17, 15) is 14.0 Å². The molecule has 2 aromatic heterocycles. The number of carbonyl (C=O) groups excluding carboxylic acids is 1. The Morgan fingerprint density at radius 3 is 2.70 bits per heavy atom. The van der Waals surface area contributed by atoms with Gasteiger partial charge in [-0.1, -0.05) is 11.6 Å². The van der Waals surface area contributed by atoms with Gasteiger partial charge in [0.05, 0.1) is 15.3 Å². The first kappa shape index (κ1) is 20.3. The number of nitrogens with zero attached hydrogens (tertiary/aromatic N) is 3. The topological polar surface area (TPSA) is 107 Å². The van der Waals surface area contributed by atoms with Crippen LogP contribution in [-0.2, 0) is 0 Å². The molecule has 0 unspecified atom stereocenters. The molecule has 0 saturated carbocycles. The van der Waals surface area contributed by atoms with Crippen molar-refractivity contribution in [3.05, 3.63) is 46.3 Å². The zero-order chi connectivity index (χ0) is 21.3. The molecular formula is C19H17ClFN5O3S. The summed E-state index contributed by atoms with van der Waals surface area (Å²) in [6, 6.07) is 5.94. The summed E-state index contributed by atoms with van der Waals surface area (Å²) in [5.41, 5.74) is 0.472. The van der Waals surface area contributed by atoms with E-state index in [2.05, 4.69) is 20.6 Å².